The zero-order valence-electron chi connectivity index (χ0n) is 21.0. The van der Waals surface area contributed by atoms with E-state index in [9.17, 15) is 0 Å². The predicted octanol–water partition coefficient (Wildman–Crippen LogP) is 6.71. The minimum atomic E-state index is -1.33. The van der Waals surface area contributed by atoms with Crippen LogP contribution in [0, 0.1) is 0 Å². The number of allylic oxidation sites excluding steroid dienone is 4. The maximum Gasteiger partial charge on any atom is 0.0776 e. The first kappa shape index (κ1) is 22.4. The second-order valence-corrected chi connectivity index (χ2v) is 25.2. The second-order valence-electron chi connectivity index (χ2n) is 12.6. The van der Waals surface area contributed by atoms with Crippen LogP contribution in [0.3, 0.4) is 0 Å². The van der Waals surface area contributed by atoms with Gasteiger partial charge >= 0.3 is 0 Å². The number of benzene rings is 2. The van der Waals surface area contributed by atoms with E-state index in [4.69, 9.17) is 0 Å². The van der Waals surface area contributed by atoms with Gasteiger partial charge in [0.2, 0.25) is 0 Å². The third-order valence-corrected chi connectivity index (χ3v) is 15.4. The molecule has 1 fully saturated rings. The van der Waals surface area contributed by atoms with Crippen molar-refractivity contribution in [1.82, 2.24) is 0 Å². The second kappa shape index (κ2) is 8.11. The zero-order chi connectivity index (χ0) is 22.7. The Morgan fingerprint density at radius 1 is 0.781 bits per heavy atom. The summed E-state index contributed by atoms with van der Waals surface area (Å²) >= 11 is 0. The lowest BCUT2D eigenvalue weighted by molar-refractivity contribution is 0.557. The van der Waals surface area contributed by atoms with Crippen molar-refractivity contribution in [2.75, 3.05) is 0 Å². The average Bonchev–Trinajstić information content (AvgIpc) is 3.38. The van der Waals surface area contributed by atoms with Gasteiger partial charge in [0.05, 0.1) is 16.1 Å². The molecule has 32 heavy (non-hydrogen) atoms. The molecule has 0 nitrogen and oxygen atoms in total. The van der Waals surface area contributed by atoms with Gasteiger partial charge in [-0.05, 0) is 46.2 Å². The molecule has 0 aromatic heterocycles. The largest absolute Gasteiger partial charge is 0.0805 e. The molecule has 0 N–H and O–H groups in total. The fourth-order valence-corrected chi connectivity index (χ4v) is 11.9. The van der Waals surface area contributed by atoms with Gasteiger partial charge in [-0.1, -0.05) is 123 Å². The van der Waals surface area contributed by atoms with Gasteiger partial charge in [-0.3, -0.25) is 0 Å². The van der Waals surface area contributed by atoms with Crippen molar-refractivity contribution in [1.29, 1.82) is 0 Å². The quantitative estimate of drug-likeness (QED) is 0.434. The van der Waals surface area contributed by atoms with Crippen LogP contribution < -0.4 is 10.4 Å². The molecule has 1 saturated heterocycles. The predicted molar refractivity (Wildman–Crippen MR) is 151 cm³/mol. The van der Waals surface area contributed by atoms with Gasteiger partial charge < -0.3 is 0 Å². The Morgan fingerprint density at radius 3 is 1.88 bits per heavy atom. The number of fused-ring (bicyclic) bond motifs is 3. The van der Waals surface area contributed by atoms with E-state index in [0.29, 0.717) is 5.92 Å². The van der Waals surface area contributed by atoms with Crippen LogP contribution >= 0.6 is 0 Å². The molecule has 0 radical (unpaired) electrons. The van der Waals surface area contributed by atoms with E-state index >= 15 is 0 Å². The minimum Gasteiger partial charge on any atom is -0.0805 e. The van der Waals surface area contributed by atoms with Gasteiger partial charge in [-0.2, -0.15) is 0 Å². The third kappa shape index (κ3) is 4.01. The fourth-order valence-electron chi connectivity index (χ4n) is 6.37. The molecule has 0 spiro atoms. The molecule has 2 atom stereocenters. The zero-order valence-corrected chi connectivity index (χ0v) is 24.4. The monoisotopic (exact) mass is 472 g/mol. The molecule has 2 unspecified atom stereocenters. The Bertz CT molecular complexity index is 1030. The summed E-state index contributed by atoms with van der Waals surface area (Å²) in [5.74, 6) is 0.650. The van der Waals surface area contributed by atoms with Crippen LogP contribution in [0.2, 0.25) is 50.4 Å². The van der Waals surface area contributed by atoms with E-state index in [-0.39, 0.29) is 9.52 Å². The van der Waals surface area contributed by atoms with E-state index in [1.54, 1.807) is 38.2 Å². The molecule has 1 heterocycles. The van der Waals surface area contributed by atoms with Crippen LogP contribution in [0.5, 0.6) is 0 Å². The molecule has 0 saturated carbocycles. The summed E-state index contributed by atoms with van der Waals surface area (Å²) in [7, 11) is -2.85. The van der Waals surface area contributed by atoms with Crippen molar-refractivity contribution in [3.05, 3.63) is 71.3 Å². The summed E-state index contributed by atoms with van der Waals surface area (Å²) in [5.41, 5.74) is 10.1. The molecule has 3 aliphatic rings. The van der Waals surface area contributed by atoms with Crippen LogP contribution in [0.25, 0.3) is 11.1 Å². The topological polar surface area (TPSA) is 0 Å². The van der Waals surface area contributed by atoms with Crippen LogP contribution in [0.1, 0.15) is 42.7 Å². The first-order chi connectivity index (χ1) is 15.1. The summed E-state index contributed by atoms with van der Waals surface area (Å²) < 4.78 is 0. The summed E-state index contributed by atoms with van der Waals surface area (Å²) in [4.78, 5) is 0. The van der Waals surface area contributed by atoms with E-state index in [1.165, 1.54) is 25.7 Å². The minimum absolute atomic E-state index is 0.180. The Kier molecular flexibility index (Phi) is 5.67. The molecule has 0 bridgehead atoms. The molecular formula is C29H40Si3. The van der Waals surface area contributed by atoms with E-state index < -0.39 is 16.1 Å². The number of rotatable bonds is 4. The van der Waals surface area contributed by atoms with Crippen molar-refractivity contribution in [3.63, 3.8) is 0 Å². The Hall–Kier alpha value is -1.43. The first-order valence-corrected chi connectivity index (χ1v) is 21.4. The maximum absolute atomic E-state index is 2.66. The van der Waals surface area contributed by atoms with Crippen molar-refractivity contribution in [2.24, 2.45) is 0 Å². The Labute approximate surface area is 200 Å². The highest BCUT2D eigenvalue weighted by Gasteiger charge is 2.39. The standard InChI is InChI=1S/C29H40Si3/c1-31(2,3)21-14-16-23-24-17-15-22(32(4,5)6)19-26(24)29(25(23)18-21)28-13-9-12-27(30-28)20-10-7-8-11-20/h7-8,10,14-19,27-29H,9,11-13,30H2,1-6H3. The number of hydrogen-bond acceptors (Lipinski definition) is 0. The lowest BCUT2D eigenvalue weighted by Crippen LogP contribution is -2.38. The molecule has 1 aliphatic heterocycles. The Balaban J connectivity index is 1.60. The van der Waals surface area contributed by atoms with Crippen molar-refractivity contribution in [2.45, 2.75) is 82.0 Å². The van der Waals surface area contributed by atoms with Gasteiger partial charge in [-0.25, -0.2) is 0 Å². The summed E-state index contributed by atoms with van der Waals surface area (Å²) in [6, 6.07) is 15.2. The molecule has 0 amide bonds. The van der Waals surface area contributed by atoms with Crippen LogP contribution in [0.4, 0.5) is 0 Å². The molecule has 3 heteroatoms. The first-order valence-electron chi connectivity index (χ1n) is 12.8. The lowest BCUT2D eigenvalue weighted by Gasteiger charge is -2.35. The van der Waals surface area contributed by atoms with Crippen LogP contribution in [-0.2, 0) is 0 Å². The molecular weight excluding hydrogens is 433 g/mol. The van der Waals surface area contributed by atoms with Crippen molar-refractivity contribution >= 4 is 36.0 Å². The molecule has 2 aliphatic carbocycles. The van der Waals surface area contributed by atoms with E-state index in [0.717, 1.165) is 11.1 Å². The smallest absolute Gasteiger partial charge is 0.0776 e. The highest BCUT2D eigenvalue weighted by Crippen LogP contribution is 2.54. The SMILES string of the molecule is C[Si](C)(C)c1ccc2c(c1)C(C1CCCC(C3=CC=CC3)[SiH2]1)c1cc([Si](C)(C)C)ccc1-2. The fraction of sp³-hybridized carbons (Fsp3) is 0.448. The van der Waals surface area contributed by atoms with Gasteiger partial charge in [0.15, 0.2) is 0 Å². The summed E-state index contributed by atoms with van der Waals surface area (Å²) in [5, 5.41) is 3.27. The summed E-state index contributed by atoms with van der Waals surface area (Å²) in [6.07, 6.45) is 12.7. The Morgan fingerprint density at radius 2 is 1.38 bits per heavy atom. The molecule has 2 aromatic rings. The van der Waals surface area contributed by atoms with E-state index in [2.05, 4.69) is 93.9 Å². The third-order valence-electron chi connectivity index (χ3n) is 8.31. The van der Waals surface area contributed by atoms with Gasteiger partial charge in [0, 0.05) is 15.4 Å². The molecule has 2 aromatic carbocycles. The molecule has 168 valence electrons. The van der Waals surface area contributed by atoms with Crippen molar-refractivity contribution in [3.8, 4) is 11.1 Å². The highest BCUT2D eigenvalue weighted by molar-refractivity contribution is 6.89. The van der Waals surface area contributed by atoms with Gasteiger partial charge in [0.1, 0.15) is 0 Å². The van der Waals surface area contributed by atoms with Crippen LogP contribution in [-0.4, -0.2) is 25.7 Å². The number of hydrogen-bond donors (Lipinski definition) is 0. The average molecular weight is 473 g/mol. The maximum atomic E-state index is 2.66. The van der Waals surface area contributed by atoms with Crippen molar-refractivity contribution < 1.29 is 0 Å². The van der Waals surface area contributed by atoms with Gasteiger partial charge in [0.25, 0.3) is 0 Å². The van der Waals surface area contributed by atoms with Crippen LogP contribution in [0.15, 0.2) is 60.2 Å². The van der Waals surface area contributed by atoms with Gasteiger partial charge in [-0.15, -0.1) is 0 Å². The summed E-state index contributed by atoms with van der Waals surface area (Å²) in [6.45, 7) is 15.0. The molecule has 5 rings (SSSR count). The normalized spacial score (nSPS) is 24.0. The lowest BCUT2D eigenvalue weighted by atomic mass is 9.89. The highest BCUT2D eigenvalue weighted by atomic mass is 28.3. The van der Waals surface area contributed by atoms with E-state index in [1.807, 2.05) is 0 Å².